The second kappa shape index (κ2) is 14.3. The van der Waals surface area contributed by atoms with Crippen LogP contribution in [0, 0.1) is 0 Å². The molecule has 2 aromatic carbocycles. The third kappa shape index (κ3) is 8.42. The zero-order valence-electron chi connectivity index (χ0n) is 28.4. The van der Waals surface area contributed by atoms with Crippen LogP contribution in [-0.4, -0.2) is 82.4 Å². The van der Waals surface area contributed by atoms with E-state index in [2.05, 4.69) is 48.6 Å². The molecular weight excluding hydrogens is 584 g/mol. The Bertz CT molecular complexity index is 1510. The Morgan fingerprint density at radius 1 is 1.04 bits per heavy atom. The summed E-state index contributed by atoms with van der Waals surface area (Å²) in [6.07, 6.45) is 4.89. The summed E-state index contributed by atoms with van der Waals surface area (Å²) in [7, 11) is 2.62. The lowest BCUT2D eigenvalue weighted by atomic mass is 10.0. The van der Waals surface area contributed by atoms with E-state index in [9.17, 15) is 9.90 Å². The summed E-state index contributed by atoms with van der Waals surface area (Å²) >= 11 is 0. The SMILES string of the molecule is COc1cc(OC)cc(N(CCO)c2ccc3ncc(C4=CCN(C(=O)COC(C)(C)C)CC4)[n+](CC(C)(C)[Si](C)C)c3c2)c1. The molecule has 10 heteroatoms. The van der Waals surface area contributed by atoms with Gasteiger partial charge in [0.1, 0.15) is 23.6 Å². The number of methoxy groups -OCH3 is 2. The maximum atomic E-state index is 12.9. The third-order valence-electron chi connectivity index (χ3n) is 8.58. The van der Waals surface area contributed by atoms with Crippen molar-refractivity contribution in [2.24, 2.45) is 0 Å². The molecule has 3 aromatic rings. The van der Waals surface area contributed by atoms with Gasteiger partial charge in [-0.05, 0) is 39.3 Å². The lowest BCUT2D eigenvalue weighted by molar-refractivity contribution is -0.678. The summed E-state index contributed by atoms with van der Waals surface area (Å²) in [5, 5.41) is 10.2. The van der Waals surface area contributed by atoms with Gasteiger partial charge in [-0.25, -0.2) is 4.98 Å². The summed E-state index contributed by atoms with van der Waals surface area (Å²) in [5.41, 5.74) is 5.63. The highest BCUT2D eigenvalue weighted by molar-refractivity contribution is 6.59. The zero-order chi connectivity index (χ0) is 32.9. The lowest BCUT2D eigenvalue weighted by Gasteiger charge is -2.29. The van der Waals surface area contributed by atoms with Crippen molar-refractivity contribution in [2.45, 2.75) is 71.3 Å². The van der Waals surface area contributed by atoms with E-state index in [0.717, 1.165) is 41.1 Å². The fraction of sp³-hybridized carbons (Fsp3) is 0.514. The van der Waals surface area contributed by atoms with E-state index in [-0.39, 0.29) is 29.8 Å². The molecule has 1 aliphatic rings. The first-order valence-corrected chi connectivity index (χ1v) is 18.1. The molecule has 9 nitrogen and oxygen atoms in total. The van der Waals surface area contributed by atoms with E-state index in [1.54, 1.807) is 14.2 Å². The summed E-state index contributed by atoms with van der Waals surface area (Å²) in [5.74, 6) is 1.37. The van der Waals surface area contributed by atoms with E-state index in [1.807, 2.05) is 62.2 Å². The molecule has 0 saturated heterocycles. The Balaban J connectivity index is 1.79. The normalized spacial score (nSPS) is 14.1. The molecule has 4 rings (SSSR count). The highest BCUT2D eigenvalue weighted by Gasteiger charge is 2.33. The van der Waals surface area contributed by atoms with Crippen LogP contribution in [0.2, 0.25) is 18.1 Å². The van der Waals surface area contributed by atoms with Crippen LogP contribution in [0.4, 0.5) is 11.4 Å². The molecule has 1 radical (unpaired) electrons. The first-order chi connectivity index (χ1) is 21.3. The van der Waals surface area contributed by atoms with E-state index >= 15 is 0 Å². The van der Waals surface area contributed by atoms with Gasteiger partial charge in [-0.3, -0.25) is 4.79 Å². The Kier molecular flexibility index (Phi) is 10.9. The number of ether oxygens (including phenoxy) is 3. The van der Waals surface area contributed by atoms with Gasteiger partial charge >= 0.3 is 0 Å². The third-order valence-corrected chi connectivity index (χ3v) is 11.4. The maximum Gasteiger partial charge on any atom is 0.248 e. The molecule has 0 saturated carbocycles. The number of rotatable bonds is 12. The first kappa shape index (κ1) is 34.4. The number of amides is 1. The fourth-order valence-electron chi connectivity index (χ4n) is 5.27. The molecule has 243 valence electrons. The number of hydrogen-bond donors (Lipinski definition) is 1. The molecule has 45 heavy (non-hydrogen) atoms. The van der Waals surface area contributed by atoms with Crippen LogP contribution in [-0.2, 0) is 16.1 Å². The summed E-state index contributed by atoms with van der Waals surface area (Å²) in [6.45, 7) is 17.8. The monoisotopic (exact) mass is 634 g/mol. The van der Waals surface area contributed by atoms with Crippen LogP contribution >= 0.6 is 0 Å². The quantitative estimate of drug-likeness (QED) is 0.204. The predicted molar refractivity (Wildman–Crippen MR) is 182 cm³/mol. The number of aliphatic hydroxyl groups is 1. The van der Waals surface area contributed by atoms with Crippen molar-refractivity contribution in [2.75, 3.05) is 52.0 Å². The fourth-order valence-corrected chi connectivity index (χ4v) is 5.74. The van der Waals surface area contributed by atoms with Crippen LogP contribution < -0.4 is 18.9 Å². The molecule has 1 aliphatic heterocycles. The molecule has 1 amide bonds. The molecular formula is C35H50N4O5Si+. The van der Waals surface area contributed by atoms with Crippen molar-refractivity contribution in [3.8, 4) is 11.5 Å². The van der Waals surface area contributed by atoms with Crippen molar-refractivity contribution in [1.82, 2.24) is 9.88 Å². The van der Waals surface area contributed by atoms with Gasteiger partial charge in [0, 0.05) is 65.9 Å². The lowest BCUT2D eigenvalue weighted by Crippen LogP contribution is -2.47. The van der Waals surface area contributed by atoms with Crippen LogP contribution in [0.25, 0.3) is 16.6 Å². The second-order valence-electron chi connectivity index (χ2n) is 13.5. The van der Waals surface area contributed by atoms with E-state index in [1.165, 1.54) is 5.57 Å². The van der Waals surface area contributed by atoms with Gasteiger partial charge in [0.15, 0.2) is 6.54 Å². The van der Waals surface area contributed by atoms with Crippen molar-refractivity contribution in [3.05, 3.63) is 54.4 Å². The maximum absolute atomic E-state index is 12.9. The van der Waals surface area contributed by atoms with E-state index in [0.29, 0.717) is 31.1 Å². The van der Waals surface area contributed by atoms with Crippen molar-refractivity contribution >= 4 is 42.7 Å². The molecule has 0 unspecified atom stereocenters. The van der Waals surface area contributed by atoms with Crippen LogP contribution in [0.15, 0.2) is 48.7 Å². The van der Waals surface area contributed by atoms with Gasteiger partial charge in [-0.2, -0.15) is 4.57 Å². The van der Waals surface area contributed by atoms with Gasteiger partial charge in [-0.15, -0.1) is 0 Å². The summed E-state index contributed by atoms with van der Waals surface area (Å²) < 4.78 is 19.3. The number of nitrogens with zero attached hydrogens (tertiary/aromatic N) is 4. The average molecular weight is 635 g/mol. The number of carbonyl (C=O) groups excluding carboxylic acids is 1. The zero-order valence-corrected chi connectivity index (χ0v) is 29.4. The number of benzene rings is 2. The Labute approximate surface area is 270 Å². The Morgan fingerprint density at radius 2 is 1.73 bits per heavy atom. The van der Waals surface area contributed by atoms with Gasteiger partial charge in [0.2, 0.25) is 17.1 Å². The molecule has 0 aliphatic carbocycles. The Hall–Kier alpha value is -3.47. The molecule has 0 fully saturated rings. The summed E-state index contributed by atoms with van der Waals surface area (Å²) in [6, 6.07) is 12.0. The van der Waals surface area contributed by atoms with Crippen LogP contribution in [0.3, 0.4) is 0 Å². The number of aromatic nitrogens is 2. The number of carbonyl (C=O) groups is 1. The Morgan fingerprint density at radius 3 is 2.29 bits per heavy atom. The minimum absolute atomic E-state index is 0.0119. The standard InChI is InChI=1S/C35H50N4O5Si/c1-34(2,3)44-23-33(41)37-14-12-25(13-15-37)32-22-36-30-11-10-26(20-31(30)39(32)24-35(4,5)45(8)9)38(16-17-40)27-18-28(42-6)21-29(19-27)43-7/h10-12,18-22,40H,13-17,23-24H2,1-9H3/q+1. The molecule has 0 bridgehead atoms. The van der Waals surface area contributed by atoms with Crippen LogP contribution in [0.5, 0.6) is 11.5 Å². The molecule has 1 aromatic heterocycles. The molecule has 1 N–H and O–H groups in total. The average Bonchev–Trinajstić information content (AvgIpc) is 3.01. The van der Waals surface area contributed by atoms with Gasteiger partial charge in [-0.1, -0.05) is 33.0 Å². The predicted octanol–water partition coefficient (Wildman–Crippen LogP) is 5.64. The van der Waals surface area contributed by atoms with Crippen molar-refractivity contribution in [1.29, 1.82) is 0 Å². The smallest absolute Gasteiger partial charge is 0.248 e. The number of aliphatic hydroxyl groups excluding tert-OH is 1. The van der Waals surface area contributed by atoms with Gasteiger partial charge in [0.05, 0.1) is 41.4 Å². The molecule has 0 spiro atoms. The highest BCUT2D eigenvalue weighted by atomic mass is 28.3. The highest BCUT2D eigenvalue weighted by Crippen LogP contribution is 2.35. The van der Waals surface area contributed by atoms with Crippen molar-refractivity contribution < 1.29 is 28.7 Å². The largest absolute Gasteiger partial charge is 0.497 e. The summed E-state index contributed by atoms with van der Waals surface area (Å²) in [4.78, 5) is 21.7. The number of anilines is 2. The van der Waals surface area contributed by atoms with Gasteiger partial charge in [0.25, 0.3) is 0 Å². The first-order valence-electron chi connectivity index (χ1n) is 15.6. The molecule has 2 heterocycles. The van der Waals surface area contributed by atoms with E-state index < -0.39 is 8.80 Å². The second-order valence-corrected chi connectivity index (χ2v) is 16.8. The minimum Gasteiger partial charge on any atom is -0.497 e. The molecule has 0 atom stereocenters. The topological polar surface area (TPSA) is 88.2 Å². The van der Waals surface area contributed by atoms with Crippen LogP contribution in [0.1, 0.15) is 46.7 Å². The van der Waals surface area contributed by atoms with E-state index in [4.69, 9.17) is 19.2 Å². The number of fused-ring (bicyclic) bond motifs is 1. The van der Waals surface area contributed by atoms with Crippen molar-refractivity contribution in [3.63, 3.8) is 0 Å². The number of hydrogen-bond acceptors (Lipinski definition) is 7. The minimum atomic E-state index is -0.652. The van der Waals surface area contributed by atoms with Gasteiger partial charge < -0.3 is 29.1 Å².